The number of nitrogens with two attached hydrogens (primary N) is 1. The molecule has 0 saturated heterocycles. The van der Waals surface area contributed by atoms with Crippen LogP contribution in [0.5, 0.6) is 0 Å². The minimum absolute atomic E-state index is 0.704. The van der Waals surface area contributed by atoms with E-state index in [1.54, 1.807) is 0 Å². The van der Waals surface area contributed by atoms with E-state index in [0.717, 1.165) is 35.6 Å². The average Bonchev–Trinajstić information content (AvgIpc) is 2.79. The molecule has 0 spiro atoms. The maximum Gasteiger partial charge on any atom is 0.181 e. The monoisotopic (exact) mass is 245 g/mol. The van der Waals surface area contributed by atoms with Crippen LogP contribution in [0, 0.1) is 6.92 Å². The summed E-state index contributed by atoms with van der Waals surface area (Å²) in [5, 5.41) is 7.19. The second kappa shape index (κ2) is 5.18. The number of H-pyrrole nitrogens is 1. The summed E-state index contributed by atoms with van der Waals surface area (Å²) < 4.78 is 0. The Morgan fingerprint density at radius 1 is 1.33 bits per heavy atom. The summed E-state index contributed by atoms with van der Waals surface area (Å²) in [6, 6.07) is 5.89. The fourth-order valence-electron chi connectivity index (χ4n) is 1.65. The van der Waals surface area contributed by atoms with Crippen LogP contribution in [-0.2, 0) is 6.42 Å². The molecule has 0 unspecified atom stereocenters. The van der Waals surface area contributed by atoms with E-state index in [0.29, 0.717) is 5.82 Å². The molecular formula is C13H19N5. The van der Waals surface area contributed by atoms with Crippen molar-refractivity contribution < 1.29 is 0 Å². The van der Waals surface area contributed by atoms with Gasteiger partial charge in [-0.25, -0.2) is 4.98 Å². The second-order valence-electron chi connectivity index (χ2n) is 4.73. The molecule has 0 radical (unpaired) electrons. The Kier molecular flexibility index (Phi) is 3.62. The summed E-state index contributed by atoms with van der Waals surface area (Å²) in [4.78, 5) is 6.59. The number of aryl methyl sites for hydroxylation is 1. The standard InChI is InChI=1S/C13H19N5/c1-9-4-5-10(8-11(9)14)13-15-12(16-17-13)6-7-18(2)3/h4-5,8H,6-7,14H2,1-3H3,(H,15,16,17). The number of rotatable bonds is 4. The van der Waals surface area contributed by atoms with Crippen LogP contribution in [0.4, 0.5) is 5.69 Å². The summed E-state index contributed by atoms with van der Waals surface area (Å²) in [6.07, 6.45) is 0.862. The topological polar surface area (TPSA) is 70.8 Å². The number of nitrogens with zero attached hydrogens (tertiary/aromatic N) is 3. The largest absolute Gasteiger partial charge is 0.398 e. The van der Waals surface area contributed by atoms with Crippen LogP contribution in [-0.4, -0.2) is 40.7 Å². The molecule has 5 heteroatoms. The third kappa shape index (κ3) is 2.87. The molecule has 2 rings (SSSR count). The first kappa shape index (κ1) is 12.6. The maximum absolute atomic E-state index is 5.89. The highest BCUT2D eigenvalue weighted by Gasteiger charge is 2.07. The predicted molar refractivity (Wildman–Crippen MR) is 73.2 cm³/mol. The fourth-order valence-corrected chi connectivity index (χ4v) is 1.65. The van der Waals surface area contributed by atoms with Crippen LogP contribution in [0.15, 0.2) is 18.2 Å². The van der Waals surface area contributed by atoms with E-state index in [4.69, 9.17) is 5.73 Å². The number of aromatic nitrogens is 3. The molecule has 2 aromatic rings. The summed E-state index contributed by atoms with van der Waals surface area (Å²) in [7, 11) is 4.08. The summed E-state index contributed by atoms with van der Waals surface area (Å²) in [5.74, 6) is 1.60. The van der Waals surface area contributed by atoms with E-state index in [9.17, 15) is 0 Å². The minimum atomic E-state index is 0.704. The van der Waals surface area contributed by atoms with Gasteiger partial charge < -0.3 is 10.6 Å². The van der Waals surface area contributed by atoms with E-state index in [-0.39, 0.29) is 0 Å². The smallest absolute Gasteiger partial charge is 0.181 e. The van der Waals surface area contributed by atoms with Crippen LogP contribution in [0.25, 0.3) is 11.4 Å². The molecule has 0 bridgehead atoms. The Morgan fingerprint density at radius 2 is 2.11 bits per heavy atom. The van der Waals surface area contributed by atoms with Gasteiger partial charge in [0.1, 0.15) is 5.82 Å². The molecular weight excluding hydrogens is 226 g/mol. The number of nitrogen functional groups attached to an aromatic ring is 1. The first-order chi connectivity index (χ1) is 8.56. The first-order valence-electron chi connectivity index (χ1n) is 5.99. The van der Waals surface area contributed by atoms with Gasteiger partial charge in [-0.15, -0.1) is 0 Å². The van der Waals surface area contributed by atoms with E-state index in [2.05, 4.69) is 20.1 Å². The zero-order valence-electron chi connectivity index (χ0n) is 11.1. The number of benzene rings is 1. The zero-order chi connectivity index (χ0) is 13.1. The minimum Gasteiger partial charge on any atom is -0.398 e. The molecule has 0 aliphatic rings. The van der Waals surface area contributed by atoms with Crippen LogP contribution in [0.1, 0.15) is 11.4 Å². The van der Waals surface area contributed by atoms with E-state index < -0.39 is 0 Å². The van der Waals surface area contributed by atoms with E-state index >= 15 is 0 Å². The Labute approximate surface area is 107 Å². The molecule has 3 N–H and O–H groups in total. The van der Waals surface area contributed by atoms with Crippen molar-refractivity contribution in [3.63, 3.8) is 0 Å². The van der Waals surface area contributed by atoms with Crippen molar-refractivity contribution in [2.24, 2.45) is 0 Å². The van der Waals surface area contributed by atoms with Crippen molar-refractivity contribution in [1.29, 1.82) is 0 Å². The zero-order valence-corrected chi connectivity index (χ0v) is 11.1. The highest BCUT2D eigenvalue weighted by atomic mass is 15.2. The Bertz CT molecular complexity index is 530. The number of aromatic amines is 1. The molecule has 0 aliphatic heterocycles. The number of hydrogen-bond acceptors (Lipinski definition) is 4. The van der Waals surface area contributed by atoms with Gasteiger partial charge in [0.2, 0.25) is 0 Å². The van der Waals surface area contributed by atoms with Crippen molar-refractivity contribution in [3.05, 3.63) is 29.6 Å². The lowest BCUT2D eigenvalue weighted by molar-refractivity contribution is 0.410. The number of hydrogen-bond donors (Lipinski definition) is 2. The molecule has 1 heterocycles. The molecule has 1 aromatic heterocycles. The Hall–Kier alpha value is -1.88. The first-order valence-corrected chi connectivity index (χ1v) is 5.99. The van der Waals surface area contributed by atoms with Crippen molar-refractivity contribution in [2.75, 3.05) is 26.4 Å². The third-order valence-electron chi connectivity index (χ3n) is 2.86. The van der Waals surface area contributed by atoms with Crippen LogP contribution in [0.3, 0.4) is 0 Å². The van der Waals surface area contributed by atoms with Gasteiger partial charge in [0, 0.05) is 24.2 Å². The molecule has 0 atom stereocenters. The number of likely N-dealkylation sites (N-methyl/N-ethyl adjacent to an activating group) is 1. The van der Waals surface area contributed by atoms with Gasteiger partial charge in [-0.3, -0.25) is 5.10 Å². The molecule has 0 fully saturated rings. The molecule has 0 amide bonds. The van der Waals surface area contributed by atoms with Crippen molar-refractivity contribution in [2.45, 2.75) is 13.3 Å². The Morgan fingerprint density at radius 3 is 2.78 bits per heavy atom. The number of nitrogens with one attached hydrogen (secondary N) is 1. The highest BCUT2D eigenvalue weighted by Crippen LogP contribution is 2.20. The average molecular weight is 245 g/mol. The van der Waals surface area contributed by atoms with Crippen molar-refractivity contribution >= 4 is 5.69 Å². The normalized spacial score (nSPS) is 11.1. The van der Waals surface area contributed by atoms with Crippen LogP contribution < -0.4 is 5.73 Å². The Balaban J connectivity index is 2.16. The number of anilines is 1. The van der Waals surface area contributed by atoms with Gasteiger partial charge >= 0.3 is 0 Å². The summed E-state index contributed by atoms with van der Waals surface area (Å²) in [5.41, 5.74) is 8.68. The molecule has 5 nitrogen and oxygen atoms in total. The van der Waals surface area contributed by atoms with Crippen LogP contribution >= 0.6 is 0 Å². The molecule has 1 aromatic carbocycles. The van der Waals surface area contributed by atoms with Crippen molar-refractivity contribution in [1.82, 2.24) is 20.1 Å². The predicted octanol–water partition coefficient (Wildman–Crippen LogP) is 1.47. The van der Waals surface area contributed by atoms with E-state index in [1.165, 1.54) is 0 Å². The molecule has 0 aliphatic carbocycles. The maximum atomic E-state index is 5.89. The van der Waals surface area contributed by atoms with Gasteiger partial charge in [-0.1, -0.05) is 12.1 Å². The van der Waals surface area contributed by atoms with Crippen molar-refractivity contribution in [3.8, 4) is 11.4 Å². The van der Waals surface area contributed by atoms with Gasteiger partial charge in [0.25, 0.3) is 0 Å². The second-order valence-corrected chi connectivity index (χ2v) is 4.73. The van der Waals surface area contributed by atoms with Gasteiger partial charge in [0.15, 0.2) is 5.82 Å². The van der Waals surface area contributed by atoms with Gasteiger partial charge in [-0.2, -0.15) is 5.10 Å². The lowest BCUT2D eigenvalue weighted by Gasteiger charge is -2.06. The van der Waals surface area contributed by atoms with Gasteiger partial charge in [0.05, 0.1) is 0 Å². The lowest BCUT2D eigenvalue weighted by Crippen LogP contribution is -2.15. The molecule has 96 valence electrons. The molecule has 0 saturated carbocycles. The third-order valence-corrected chi connectivity index (χ3v) is 2.86. The fraction of sp³-hybridized carbons (Fsp3) is 0.385. The van der Waals surface area contributed by atoms with Gasteiger partial charge in [-0.05, 0) is 32.6 Å². The summed E-state index contributed by atoms with van der Waals surface area (Å²) in [6.45, 7) is 2.93. The molecule has 18 heavy (non-hydrogen) atoms. The van der Waals surface area contributed by atoms with E-state index in [1.807, 2.05) is 39.2 Å². The quantitative estimate of drug-likeness (QED) is 0.800. The lowest BCUT2D eigenvalue weighted by atomic mass is 10.1. The van der Waals surface area contributed by atoms with Crippen LogP contribution in [0.2, 0.25) is 0 Å². The summed E-state index contributed by atoms with van der Waals surface area (Å²) >= 11 is 0. The SMILES string of the molecule is Cc1ccc(-c2n[nH]c(CCN(C)C)n2)cc1N. The highest BCUT2D eigenvalue weighted by molar-refractivity contribution is 5.63.